The minimum absolute atomic E-state index is 0.306. The predicted molar refractivity (Wildman–Crippen MR) is 51.1 cm³/mol. The number of unbranched alkanes of at least 4 members (excludes halogenated alkanes) is 1. The molecule has 3 heteroatoms. The normalized spacial score (nSPS) is 10.6. The van der Waals surface area contributed by atoms with E-state index in [0.29, 0.717) is 24.3 Å². The number of rotatable bonds is 5. The highest BCUT2D eigenvalue weighted by Crippen LogP contribution is 2.11. The van der Waals surface area contributed by atoms with Crippen LogP contribution in [-0.4, -0.2) is 6.61 Å². The predicted octanol–water partition coefficient (Wildman–Crippen LogP) is 1.02. The molecule has 0 atom stereocenters. The Morgan fingerprint density at radius 1 is 1.15 bits per heavy atom. The number of ether oxygens (including phenoxy) is 1. The second-order valence-electron chi connectivity index (χ2n) is 3.02. The number of hydrogen-bond acceptors (Lipinski definition) is 3. The van der Waals surface area contributed by atoms with Gasteiger partial charge in [-0.15, -0.1) is 0 Å². The fourth-order valence-electron chi connectivity index (χ4n) is 1.21. The summed E-state index contributed by atoms with van der Waals surface area (Å²) >= 11 is 0. The topological polar surface area (TPSA) is 43.4 Å². The molecule has 0 heterocycles. The van der Waals surface area contributed by atoms with Gasteiger partial charge in [0.05, 0.1) is 6.61 Å². The molecule has 1 aromatic rings. The monoisotopic (exact) mass is 182 g/mol. The molecule has 0 radical (unpaired) electrons. The number of hydrogen-bond donors (Lipinski definition) is 0. The summed E-state index contributed by atoms with van der Waals surface area (Å²) in [5, 5.41) is 0. The van der Waals surface area contributed by atoms with Gasteiger partial charge >= 0.3 is 0 Å². The van der Waals surface area contributed by atoms with Crippen molar-refractivity contribution < 1.29 is 4.74 Å². The van der Waals surface area contributed by atoms with Crippen molar-refractivity contribution in [3.8, 4) is 5.75 Å². The van der Waals surface area contributed by atoms with Gasteiger partial charge in [0.2, 0.25) is 5.43 Å². The first kappa shape index (κ1) is 9.96. The first-order chi connectivity index (χ1) is 6.22. The fourth-order valence-corrected chi connectivity index (χ4v) is 1.21. The van der Waals surface area contributed by atoms with Crippen molar-refractivity contribution in [1.29, 1.82) is 0 Å². The molecule has 0 spiro atoms. The lowest BCUT2D eigenvalue weighted by Crippen LogP contribution is -2.36. The quantitative estimate of drug-likeness (QED) is 0.504. The van der Waals surface area contributed by atoms with E-state index >= 15 is 0 Å². The maximum absolute atomic E-state index is 11.0. The lowest BCUT2D eigenvalue weighted by molar-refractivity contribution is 0.299. The van der Waals surface area contributed by atoms with Crippen molar-refractivity contribution in [2.45, 2.75) is 33.1 Å². The molecule has 0 aliphatic carbocycles. The minimum atomic E-state index is -0.451. The largest absolute Gasteiger partial charge is 0.489 e. The van der Waals surface area contributed by atoms with E-state index in [1.807, 2.05) is 13.8 Å². The smallest absolute Gasteiger partial charge is 0.268 e. The zero-order chi connectivity index (χ0) is 9.84. The SMILES string of the molecule is CCCCOc1c(CC)c(=O)c1=O. The van der Waals surface area contributed by atoms with Gasteiger partial charge in [-0.05, 0) is 12.8 Å². The Hall–Kier alpha value is -1.12. The third kappa shape index (κ3) is 1.79. The van der Waals surface area contributed by atoms with Crippen LogP contribution < -0.4 is 15.6 Å². The van der Waals surface area contributed by atoms with Crippen molar-refractivity contribution in [1.82, 2.24) is 0 Å². The van der Waals surface area contributed by atoms with Crippen molar-refractivity contribution in [2.24, 2.45) is 0 Å². The van der Waals surface area contributed by atoms with Crippen LogP contribution in [-0.2, 0) is 6.42 Å². The van der Waals surface area contributed by atoms with Crippen LogP contribution in [0.25, 0.3) is 0 Å². The average Bonchev–Trinajstić information content (AvgIpc) is 2.16. The lowest BCUT2D eigenvalue weighted by atomic mass is 10.1. The molecule has 72 valence electrons. The third-order valence-electron chi connectivity index (χ3n) is 2.06. The van der Waals surface area contributed by atoms with Crippen LogP contribution >= 0.6 is 0 Å². The highest BCUT2D eigenvalue weighted by atomic mass is 16.5. The van der Waals surface area contributed by atoms with Gasteiger partial charge < -0.3 is 4.74 Å². The molecule has 0 saturated heterocycles. The van der Waals surface area contributed by atoms with Crippen molar-refractivity contribution in [2.75, 3.05) is 6.61 Å². The summed E-state index contributed by atoms with van der Waals surface area (Å²) < 4.78 is 5.21. The molecule has 0 aliphatic heterocycles. The Kier molecular flexibility index (Phi) is 3.23. The molecule has 0 amide bonds. The second kappa shape index (κ2) is 4.21. The van der Waals surface area contributed by atoms with E-state index in [1.54, 1.807) is 0 Å². The van der Waals surface area contributed by atoms with Gasteiger partial charge in [-0.3, -0.25) is 9.59 Å². The lowest BCUT2D eigenvalue weighted by Gasteiger charge is -2.10. The summed E-state index contributed by atoms with van der Waals surface area (Å²) in [5.74, 6) is 0.306. The highest BCUT2D eigenvalue weighted by Gasteiger charge is 2.19. The van der Waals surface area contributed by atoms with E-state index in [4.69, 9.17) is 4.74 Å². The van der Waals surface area contributed by atoms with Gasteiger partial charge in [0, 0.05) is 5.56 Å². The van der Waals surface area contributed by atoms with Crippen LogP contribution in [0.1, 0.15) is 32.3 Å². The minimum Gasteiger partial charge on any atom is -0.489 e. The molecule has 1 rings (SSSR count). The standard InChI is InChI=1S/C10H14O3/c1-3-5-6-13-10-7(4-2)8(11)9(10)12/h3-6H2,1-2H3. The van der Waals surface area contributed by atoms with Crippen LogP contribution in [0.3, 0.4) is 0 Å². The van der Waals surface area contributed by atoms with Crippen molar-refractivity contribution in [3.63, 3.8) is 0 Å². The molecular weight excluding hydrogens is 168 g/mol. The fraction of sp³-hybridized carbons (Fsp3) is 0.600. The van der Waals surface area contributed by atoms with Gasteiger partial charge in [0.1, 0.15) is 0 Å². The third-order valence-corrected chi connectivity index (χ3v) is 2.06. The molecule has 1 aromatic carbocycles. The Bertz CT molecular complexity index is 345. The van der Waals surface area contributed by atoms with Crippen LogP contribution in [0.2, 0.25) is 0 Å². The first-order valence-corrected chi connectivity index (χ1v) is 4.67. The van der Waals surface area contributed by atoms with Gasteiger partial charge in [0.15, 0.2) is 5.75 Å². The maximum Gasteiger partial charge on any atom is 0.268 e. The summed E-state index contributed by atoms with van der Waals surface area (Å²) in [4.78, 5) is 21.9. The van der Waals surface area contributed by atoms with Gasteiger partial charge in [-0.1, -0.05) is 20.3 Å². The Morgan fingerprint density at radius 3 is 2.38 bits per heavy atom. The maximum atomic E-state index is 11.0. The van der Waals surface area contributed by atoms with Crippen LogP contribution in [0.15, 0.2) is 9.59 Å². The summed E-state index contributed by atoms with van der Waals surface area (Å²) in [6.45, 7) is 4.43. The Labute approximate surface area is 77.0 Å². The van der Waals surface area contributed by atoms with E-state index in [2.05, 4.69) is 0 Å². The molecule has 0 unspecified atom stereocenters. The van der Waals surface area contributed by atoms with Crippen molar-refractivity contribution >= 4 is 0 Å². The molecular formula is C10H14O3. The van der Waals surface area contributed by atoms with Crippen LogP contribution in [0, 0.1) is 0 Å². The highest BCUT2D eigenvalue weighted by molar-refractivity contribution is 5.39. The van der Waals surface area contributed by atoms with E-state index in [0.717, 1.165) is 12.8 Å². The summed E-state index contributed by atoms with van der Waals surface area (Å²) in [7, 11) is 0. The first-order valence-electron chi connectivity index (χ1n) is 4.67. The summed E-state index contributed by atoms with van der Waals surface area (Å²) in [6, 6.07) is 0. The Balaban J connectivity index is 2.62. The van der Waals surface area contributed by atoms with Crippen LogP contribution in [0.5, 0.6) is 5.75 Å². The molecule has 3 nitrogen and oxygen atoms in total. The molecule has 0 saturated carbocycles. The Morgan fingerprint density at radius 2 is 1.85 bits per heavy atom. The van der Waals surface area contributed by atoms with Gasteiger partial charge in [-0.25, -0.2) is 0 Å². The zero-order valence-electron chi connectivity index (χ0n) is 8.05. The van der Waals surface area contributed by atoms with Crippen molar-refractivity contribution in [3.05, 3.63) is 26.0 Å². The average molecular weight is 182 g/mol. The molecule has 13 heavy (non-hydrogen) atoms. The summed E-state index contributed by atoms with van der Waals surface area (Å²) in [6.07, 6.45) is 2.53. The van der Waals surface area contributed by atoms with E-state index in [9.17, 15) is 9.59 Å². The van der Waals surface area contributed by atoms with E-state index in [-0.39, 0.29) is 5.43 Å². The molecule has 0 aromatic heterocycles. The zero-order valence-corrected chi connectivity index (χ0v) is 8.05. The van der Waals surface area contributed by atoms with Gasteiger partial charge in [-0.2, -0.15) is 0 Å². The molecule has 0 fully saturated rings. The molecule has 0 N–H and O–H groups in total. The molecule has 0 aliphatic rings. The summed E-state index contributed by atoms with van der Waals surface area (Å²) in [5.41, 5.74) is -0.261. The van der Waals surface area contributed by atoms with Crippen LogP contribution in [0.4, 0.5) is 0 Å². The second-order valence-corrected chi connectivity index (χ2v) is 3.02. The van der Waals surface area contributed by atoms with Gasteiger partial charge in [0.25, 0.3) is 5.43 Å². The molecule has 0 bridgehead atoms. The van der Waals surface area contributed by atoms with E-state index in [1.165, 1.54) is 0 Å². The van der Waals surface area contributed by atoms with E-state index < -0.39 is 5.43 Å².